The molecule has 2 aromatic rings. The van der Waals surface area contributed by atoms with E-state index in [-0.39, 0.29) is 30.3 Å². The summed E-state index contributed by atoms with van der Waals surface area (Å²) in [6, 6.07) is 12.0. The number of piperidine rings is 2. The average Bonchev–Trinajstić information content (AvgIpc) is 3.44. The largest absolute Gasteiger partial charge is 0.397 e. The molecular formula is C38H50ClN7O3. The molecule has 0 aliphatic carbocycles. The molecule has 4 heterocycles. The SMILES string of the molecule is C#Cc1cc(C[C@@H](CC(=O)N2CCC(N3CCc4ccccc4NC3=O)CC2)C(=O)N2CCC(N3CCCN(C)CC3)CC2)cc(Cl)c1N. The molecule has 4 aliphatic rings. The fraction of sp³-hybridized carbons (Fsp3) is 0.553. The van der Waals surface area contributed by atoms with E-state index in [1.807, 2.05) is 39.0 Å². The van der Waals surface area contributed by atoms with Crippen molar-refractivity contribution in [3.8, 4) is 12.3 Å². The van der Waals surface area contributed by atoms with Crippen molar-refractivity contribution in [1.82, 2.24) is 24.5 Å². The molecule has 4 amide bonds. The van der Waals surface area contributed by atoms with Crippen LogP contribution in [0, 0.1) is 18.3 Å². The van der Waals surface area contributed by atoms with E-state index in [4.69, 9.17) is 23.8 Å². The van der Waals surface area contributed by atoms with Gasteiger partial charge in [0.1, 0.15) is 0 Å². The molecular weight excluding hydrogens is 638 g/mol. The summed E-state index contributed by atoms with van der Waals surface area (Å²) >= 11 is 6.44. The highest BCUT2D eigenvalue weighted by Crippen LogP contribution is 2.30. The van der Waals surface area contributed by atoms with Crippen molar-refractivity contribution >= 4 is 40.8 Å². The second-order valence-electron chi connectivity index (χ2n) is 14.2. The Morgan fingerprint density at radius 2 is 1.67 bits per heavy atom. The minimum Gasteiger partial charge on any atom is -0.397 e. The zero-order chi connectivity index (χ0) is 34.5. The summed E-state index contributed by atoms with van der Waals surface area (Å²) in [6.07, 6.45) is 11.4. The van der Waals surface area contributed by atoms with Crippen LogP contribution in [0.1, 0.15) is 55.2 Å². The Bertz CT molecular complexity index is 1560. The number of nitrogens with one attached hydrogen (secondary N) is 1. The molecule has 0 spiro atoms. The number of benzene rings is 2. The number of fused-ring (bicyclic) bond motifs is 1. The first-order valence-corrected chi connectivity index (χ1v) is 18.3. The molecule has 11 heteroatoms. The molecule has 0 saturated carbocycles. The lowest BCUT2D eigenvalue weighted by Gasteiger charge is -2.40. The fourth-order valence-electron chi connectivity index (χ4n) is 8.09. The van der Waals surface area contributed by atoms with Crippen LogP contribution in [0.5, 0.6) is 0 Å². The van der Waals surface area contributed by atoms with Crippen molar-refractivity contribution in [2.75, 3.05) is 77.0 Å². The van der Waals surface area contributed by atoms with Gasteiger partial charge in [0.05, 0.1) is 16.6 Å². The first-order chi connectivity index (χ1) is 23.7. The van der Waals surface area contributed by atoms with Crippen LogP contribution in [0.3, 0.4) is 0 Å². The number of carbonyl (C=O) groups is 3. The average molecular weight is 688 g/mol. The summed E-state index contributed by atoms with van der Waals surface area (Å²) in [5.41, 5.74) is 9.74. The summed E-state index contributed by atoms with van der Waals surface area (Å²) < 4.78 is 0. The number of likely N-dealkylation sites (N-methyl/N-ethyl adjacent to an activating group) is 1. The number of nitrogens with two attached hydrogens (primary N) is 1. The van der Waals surface area contributed by atoms with E-state index < -0.39 is 5.92 Å². The summed E-state index contributed by atoms with van der Waals surface area (Å²) in [5.74, 6) is 2.03. The van der Waals surface area contributed by atoms with Gasteiger partial charge in [-0.3, -0.25) is 14.5 Å². The maximum atomic E-state index is 14.2. The highest BCUT2D eigenvalue weighted by atomic mass is 35.5. The van der Waals surface area contributed by atoms with Crippen LogP contribution in [-0.4, -0.2) is 120 Å². The number of amides is 4. The summed E-state index contributed by atoms with van der Waals surface area (Å²) in [6.45, 7) is 7.48. The fourth-order valence-corrected chi connectivity index (χ4v) is 8.33. The number of hydrogen-bond acceptors (Lipinski definition) is 6. The molecule has 4 aliphatic heterocycles. The van der Waals surface area contributed by atoms with Crippen LogP contribution in [0.2, 0.25) is 5.02 Å². The Balaban J connectivity index is 1.10. The monoisotopic (exact) mass is 687 g/mol. The minimum atomic E-state index is -0.547. The van der Waals surface area contributed by atoms with Crippen LogP contribution in [0.25, 0.3) is 0 Å². The summed E-state index contributed by atoms with van der Waals surface area (Å²) in [5, 5.41) is 3.42. The van der Waals surface area contributed by atoms with Crippen LogP contribution in [0.15, 0.2) is 36.4 Å². The lowest BCUT2D eigenvalue weighted by Crippen LogP contribution is -2.51. The summed E-state index contributed by atoms with van der Waals surface area (Å²) in [4.78, 5) is 52.0. The highest BCUT2D eigenvalue weighted by Gasteiger charge is 2.35. The number of anilines is 2. The highest BCUT2D eigenvalue weighted by molar-refractivity contribution is 6.33. The Labute approximate surface area is 295 Å². The molecule has 0 bridgehead atoms. The molecule has 0 radical (unpaired) electrons. The number of rotatable bonds is 7. The molecule has 49 heavy (non-hydrogen) atoms. The number of nitrogens with zero attached hydrogens (tertiary/aromatic N) is 5. The van der Waals surface area contributed by atoms with E-state index in [9.17, 15) is 14.4 Å². The Kier molecular flexibility index (Phi) is 11.3. The van der Waals surface area contributed by atoms with E-state index in [2.05, 4.69) is 34.2 Å². The first kappa shape index (κ1) is 35.1. The minimum absolute atomic E-state index is 0.00768. The van der Waals surface area contributed by atoms with E-state index in [0.29, 0.717) is 74.3 Å². The van der Waals surface area contributed by atoms with E-state index in [1.54, 1.807) is 6.07 Å². The van der Waals surface area contributed by atoms with Gasteiger partial charge in [-0.25, -0.2) is 4.79 Å². The molecule has 1 atom stereocenters. The summed E-state index contributed by atoms with van der Waals surface area (Å²) in [7, 11) is 2.18. The van der Waals surface area contributed by atoms with Gasteiger partial charge in [0.15, 0.2) is 0 Å². The maximum absolute atomic E-state index is 14.2. The maximum Gasteiger partial charge on any atom is 0.322 e. The van der Waals surface area contributed by atoms with Gasteiger partial charge < -0.3 is 30.7 Å². The number of likely N-dealkylation sites (tertiary alicyclic amines) is 2. The molecule has 6 rings (SSSR count). The van der Waals surface area contributed by atoms with Crippen molar-refractivity contribution in [1.29, 1.82) is 0 Å². The van der Waals surface area contributed by atoms with Gasteiger partial charge in [-0.15, -0.1) is 6.42 Å². The first-order valence-electron chi connectivity index (χ1n) is 17.9. The van der Waals surface area contributed by atoms with Crippen LogP contribution in [-0.2, 0) is 22.4 Å². The number of halogens is 1. The lowest BCUT2D eigenvalue weighted by atomic mass is 9.91. The topological polar surface area (TPSA) is 105 Å². The van der Waals surface area contributed by atoms with Crippen LogP contribution >= 0.6 is 11.6 Å². The van der Waals surface area contributed by atoms with Crippen molar-refractivity contribution in [2.24, 2.45) is 5.92 Å². The van der Waals surface area contributed by atoms with Gasteiger partial charge in [0, 0.05) is 75.6 Å². The molecule has 0 aromatic heterocycles. The molecule has 262 valence electrons. The Morgan fingerprint density at radius 1 is 0.959 bits per heavy atom. The number of urea groups is 1. The van der Waals surface area contributed by atoms with Crippen molar-refractivity contribution in [2.45, 2.75) is 63.5 Å². The smallest absolute Gasteiger partial charge is 0.322 e. The third kappa shape index (κ3) is 8.34. The Morgan fingerprint density at radius 3 is 2.43 bits per heavy atom. The predicted octanol–water partition coefficient (Wildman–Crippen LogP) is 4.16. The number of hydrogen-bond donors (Lipinski definition) is 2. The molecule has 10 nitrogen and oxygen atoms in total. The quantitative estimate of drug-likeness (QED) is 0.335. The Hall–Kier alpha value is -3.78. The number of carbonyl (C=O) groups excluding carboxylic acids is 3. The zero-order valence-corrected chi connectivity index (χ0v) is 29.5. The van der Waals surface area contributed by atoms with Gasteiger partial charge in [0.25, 0.3) is 0 Å². The van der Waals surface area contributed by atoms with Crippen molar-refractivity contribution in [3.63, 3.8) is 0 Å². The predicted molar refractivity (Wildman–Crippen MR) is 194 cm³/mol. The van der Waals surface area contributed by atoms with Crippen molar-refractivity contribution in [3.05, 3.63) is 58.1 Å². The normalized spacial score (nSPS) is 20.9. The zero-order valence-electron chi connectivity index (χ0n) is 28.7. The molecule has 3 fully saturated rings. The molecule has 3 saturated heterocycles. The van der Waals surface area contributed by atoms with Crippen molar-refractivity contribution < 1.29 is 14.4 Å². The van der Waals surface area contributed by atoms with Crippen LogP contribution < -0.4 is 11.1 Å². The standard InChI is InChI=1S/C38H50ClN7O3/c1-3-28-23-27(25-33(39)36(28)40)24-30(37(48)45-18-10-31(11-19-45)43-15-6-14-42(2)21-22-43)26-35(47)44-16-12-32(13-17-44)46-20-9-29-7-4-5-8-34(29)41-38(46)49/h1,4-5,7-8,23,25,30-32H,6,9-22,24,26,40H2,2H3,(H,41,49)/t30-/m0/s1. The third-order valence-electron chi connectivity index (χ3n) is 11.0. The third-order valence-corrected chi connectivity index (χ3v) is 11.4. The van der Waals surface area contributed by atoms with Gasteiger partial charge >= 0.3 is 6.03 Å². The second kappa shape index (κ2) is 15.8. The molecule has 0 unspecified atom stereocenters. The van der Waals surface area contributed by atoms with Gasteiger partial charge in [-0.05, 0) is 94.4 Å². The second-order valence-corrected chi connectivity index (χ2v) is 14.6. The van der Waals surface area contributed by atoms with E-state index >= 15 is 0 Å². The number of nitrogen functional groups attached to an aromatic ring is 1. The van der Waals surface area contributed by atoms with Gasteiger partial charge in [-0.2, -0.15) is 0 Å². The lowest BCUT2D eigenvalue weighted by molar-refractivity contribution is -0.143. The number of para-hydroxylation sites is 1. The molecule has 2 aromatic carbocycles. The molecule has 3 N–H and O–H groups in total. The van der Waals surface area contributed by atoms with Crippen LogP contribution in [0.4, 0.5) is 16.2 Å². The van der Waals surface area contributed by atoms with E-state index in [1.165, 1.54) is 6.42 Å². The van der Waals surface area contributed by atoms with Gasteiger partial charge in [0.2, 0.25) is 11.8 Å². The van der Waals surface area contributed by atoms with Gasteiger partial charge in [-0.1, -0.05) is 35.7 Å². The van der Waals surface area contributed by atoms with E-state index in [0.717, 1.165) is 62.3 Å². The number of terminal acetylenes is 1.